The van der Waals surface area contributed by atoms with E-state index < -0.39 is 6.43 Å². The molecular formula is C9H15F2N3. The maximum atomic E-state index is 12.5. The lowest BCUT2D eigenvalue weighted by molar-refractivity contribution is 0.143. The highest BCUT2D eigenvalue weighted by Crippen LogP contribution is 2.28. The first-order valence-electron chi connectivity index (χ1n) is 4.58. The quantitative estimate of drug-likeness (QED) is 0.811. The first-order valence-corrected chi connectivity index (χ1v) is 4.58. The second-order valence-corrected chi connectivity index (χ2v) is 3.42. The molecule has 0 aromatic carbocycles. The molecule has 1 atom stereocenters. The Kier molecular flexibility index (Phi) is 3.57. The third-order valence-electron chi connectivity index (χ3n) is 2.22. The van der Waals surface area contributed by atoms with Crippen molar-refractivity contribution in [3.63, 3.8) is 0 Å². The zero-order valence-electron chi connectivity index (χ0n) is 8.37. The van der Waals surface area contributed by atoms with E-state index in [2.05, 4.69) is 5.10 Å². The van der Waals surface area contributed by atoms with Gasteiger partial charge < -0.3 is 5.73 Å². The van der Waals surface area contributed by atoms with Crippen LogP contribution in [0.5, 0.6) is 0 Å². The van der Waals surface area contributed by atoms with Gasteiger partial charge in [-0.25, -0.2) is 8.78 Å². The van der Waals surface area contributed by atoms with Gasteiger partial charge in [-0.1, -0.05) is 6.92 Å². The van der Waals surface area contributed by atoms with Gasteiger partial charge in [-0.3, -0.25) is 4.68 Å². The maximum Gasteiger partial charge on any atom is 0.282 e. The summed E-state index contributed by atoms with van der Waals surface area (Å²) in [4.78, 5) is 0. The third-order valence-corrected chi connectivity index (χ3v) is 2.22. The number of nitrogens with zero attached hydrogens (tertiary/aromatic N) is 2. The molecule has 1 heterocycles. The highest BCUT2D eigenvalue weighted by atomic mass is 19.3. The van der Waals surface area contributed by atoms with E-state index in [1.807, 2.05) is 6.92 Å². The number of aryl methyl sites for hydroxylation is 1. The smallest absolute Gasteiger partial charge is 0.282 e. The fourth-order valence-electron chi connectivity index (χ4n) is 1.48. The van der Waals surface area contributed by atoms with Gasteiger partial charge in [0, 0.05) is 18.8 Å². The van der Waals surface area contributed by atoms with E-state index in [1.165, 1.54) is 4.68 Å². The normalized spacial score (nSPS) is 13.6. The molecule has 0 saturated heterocycles. The van der Waals surface area contributed by atoms with E-state index in [-0.39, 0.29) is 11.6 Å². The standard InChI is InChI=1S/C9H15F2N3/c1-6(3-4-12)7-5-14(2)13-8(7)9(10)11/h5-6,9H,3-4,12H2,1-2H3. The summed E-state index contributed by atoms with van der Waals surface area (Å²) < 4.78 is 26.5. The molecule has 1 aromatic rings. The van der Waals surface area contributed by atoms with Crippen molar-refractivity contribution >= 4 is 0 Å². The van der Waals surface area contributed by atoms with Gasteiger partial charge in [0.15, 0.2) is 0 Å². The Morgan fingerprint density at radius 3 is 2.71 bits per heavy atom. The maximum absolute atomic E-state index is 12.5. The number of alkyl halides is 2. The van der Waals surface area contributed by atoms with Crippen molar-refractivity contribution in [2.45, 2.75) is 25.7 Å². The Balaban J connectivity index is 2.94. The van der Waals surface area contributed by atoms with Crippen LogP contribution in [0.1, 0.15) is 36.9 Å². The first-order chi connectivity index (χ1) is 6.56. The van der Waals surface area contributed by atoms with Crippen molar-refractivity contribution < 1.29 is 8.78 Å². The van der Waals surface area contributed by atoms with Crippen molar-refractivity contribution in [3.8, 4) is 0 Å². The molecule has 0 aliphatic carbocycles. The molecule has 1 aromatic heterocycles. The lowest BCUT2D eigenvalue weighted by atomic mass is 9.98. The average molecular weight is 203 g/mol. The van der Waals surface area contributed by atoms with Crippen LogP contribution in [-0.2, 0) is 7.05 Å². The number of halogens is 2. The van der Waals surface area contributed by atoms with Gasteiger partial charge in [-0.2, -0.15) is 5.10 Å². The number of hydrogen-bond acceptors (Lipinski definition) is 2. The molecule has 1 rings (SSSR count). The summed E-state index contributed by atoms with van der Waals surface area (Å²) in [6, 6.07) is 0. The van der Waals surface area contributed by atoms with Crippen LogP contribution < -0.4 is 5.73 Å². The summed E-state index contributed by atoms with van der Waals surface area (Å²) in [5, 5.41) is 3.74. The lowest BCUT2D eigenvalue weighted by Crippen LogP contribution is -2.05. The SMILES string of the molecule is CC(CCN)c1cn(C)nc1C(F)F. The Hall–Kier alpha value is -0.970. The molecule has 2 N–H and O–H groups in total. The van der Waals surface area contributed by atoms with E-state index in [0.717, 1.165) is 0 Å². The van der Waals surface area contributed by atoms with Gasteiger partial charge in [0.05, 0.1) is 0 Å². The fraction of sp³-hybridized carbons (Fsp3) is 0.667. The second-order valence-electron chi connectivity index (χ2n) is 3.42. The zero-order valence-corrected chi connectivity index (χ0v) is 8.37. The minimum Gasteiger partial charge on any atom is -0.330 e. The van der Waals surface area contributed by atoms with Crippen molar-refractivity contribution in [2.75, 3.05) is 6.54 Å². The molecule has 0 radical (unpaired) electrons. The summed E-state index contributed by atoms with van der Waals surface area (Å²) in [6.07, 6.45) is -0.167. The predicted octanol–water partition coefficient (Wildman–Crippen LogP) is 1.81. The molecule has 5 heteroatoms. The molecule has 0 saturated carbocycles. The Labute approximate surface area is 81.9 Å². The van der Waals surface area contributed by atoms with Crippen LogP contribution in [0.4, 0.5) is 8.78 Å². The van der Waals surface area contributed by atoms with Crippen molar-refractivity contribution in [1.29, 1.82) is 0 Å². The van der Waals surface area contributed by atoms with Crippen LogP contribution in [0, 0.1) is 0 Å². The molecule has 14 heavy (non-hydrogen) atoms. The molecule has 0 amide bonds. The van der Waals surface area contributed by atoms with Crippen LogP contribution in [0.2, 0.25) is 0 Å². The summed E-state index contributed by atoms with van der Waals surface area (Å²) >= 11 is 0. The molecule has 0 bridgehead atoms. The van der Waals surface area contributed by atoms with Crippen molar-refractivity contribution in [1.82, 2.24) is 9.78 Å². The van der Waals surface area contributed by atoms with E-state index in [9.17, 15) is 8.78 Å². The summed E-state index contributed by atoms with van der Waals surface area (Å²) in [5.74, 6) is 0.0395. The van der Waals surface area contributed by atoms with Crippen LogP contribution >= 0.6 is 0 Å². The van der Waals surface area contributed by atoms with Gasteiger partial charge in [0.2, 0.25) is 0 Å². The van der Waals surface area contributed by atoms with E-state index in [1.54, 1.807) is 13.2 Å². The number of hydrogen-bond donors (Lipinski definition) is 1. The third kappa shape index (κ3) is 2.29. The summed E-state index contributed by atoms with van der Waals surface area (Å²) in [7, 11) is 1.64. The highest BCUT2D eigenvalue weighted by molar-refractivity contribution is 5.22. The first kappa shape index (κ1) is 11.1. The summed E-state index contributed by atoms with van der Waals surface area (Å²) in [6.45, 7) is 2.38. The predicted molar refractivity (Wildman–Crippen MR) is 50.3 cm³/mol. The molecule has 0 fully saturated rings. The van der Waals surface area contributed by atoms with Gasteiger partial charge >= 0.3 is 0 Å². The minimum atomic E-state index is -2.51. The minimum absolute atomic E-state index is 0.0395. The van der Waals surface area contributed by atoms with E-state index >= 15 is 0 Å². The van der Waals surface area contributed by atoms with Crippen LogP contribution in [0.15, 0.2) is 6.20 Å². The zero-order chi connectivity index (χ0) is 10.7. The topological polar surface area (TPSA) is 43.8 Å². The highest BCUT2D eigenvalue weighted by Gasteiger charge is 2.20. The Morgan fingerprint density at radius 1 is 1.57 bits per heavy atom. The van der Waals surface area contributed by atoms with Crippen LogP contribution in [0.25, 0.3) is 0 Å². The molecular weight excluding hydrogens is 188 g/mol. The molecule has 0 spiro atoms. The molecule has 0 aliphatic rings. The Bertz CT molecular complexity index is 296. The lowest BCUT2D eigenvalue weighted by Gasteiger charge is -2.09. The average Bonchev–Trinajstić information content (AvgIpc) is 2.48. The van der Waals surface area contributed by atoms with Crippen molar-refractivity contribution in [3.05, 3.63) is 17.5 Å². The molecule has 0 aliphatic heterocycles. The number of rotatable bonds is 4. The van der Waals surface area contributed by atoms with Crippen LogP contribution in [0.3, 0.4) is 0 Å². The fourth-order valence-corrected chi connectivity index (χ4v) is 1.48. The van der Waals surface area contributed by atoms with Gasteiger partial charge in [0.25, 0.3) is 6.43 Å². The largest absolute Gasteiger partial charge is 0.330 e. The van der Waals surface area contributed by atoms with Gasteiger partial charge in [-0.05, 0) is 18.9 Å². The van der Waals surface area contributed by atoms with Crippen LogP contribution in [-0.4, -0.2) is 16.3 Å². The van der Waals surface area contributed by atoms with E-state index in [0.29, 0.717) is 18.5 Å². The molecule has 3 nitrogen and oxygen atoms in total. The molecule has 1 unspecified atom stereocenters. The Morgan fingerprint density at radius 2 is 2.21 bits per heavy atom. The number of aromatic nitrogens is 2. The summed E-state index contributed by atoms with van der Waals surface area (Å²) in [5.41, 5.74) is 5.87. The monoisotopic (exact) mass is 203 g/mol. The number of nitrogens with two attached hydrogens (primary N) is 1. The van der Waals surface area contributed by atoms with E-state index in [4.69, 9.17) is 5.73 Å². The van der Waals surface area contributed by atoms with Gasteiger partial charge in [0.1, 0.15) is 5.69 Å². The van der Waals surface area contributed by atoms with Gasteiger partial charge in [-0.15, -0.1) is 0 Å². The van der Waals surface area contributed by atoms with Crippen molar-refractivity contribution in [2.24, 2.45) is 12.8 Å². The second kappa shape index (κ2) is 4.50. The molecule has 80 valence electrons.